The number of hydrogen-bond acceptors (Lipinski definition) is 2. The van der Waals surface area contributed by atoms with Gasteiger partial charge >= 0.3 is 0 Å². The Kier molecular flexibility index (Phi) is 4.40. The summed E-state index contributed by atoms with van der Waals surface area (Å²) in [5, 5.41) is 0. The average Bonchev–Trinajstić information content (AvgIpc) is 2.47. The molecule has 0 aromatic heterocycles. The van der Waals surface area contributed by atoms with Crippen molar-refractivity contribution in [2.45, 2.75) is 54.2 Å². The van der Waals surface area contributed by atoms with Gasteiger partial charge in [-0.25, -0.2) is 4.39 Å². The third-order valence-electron chi connectivity index (χ3n) is 4.68. The first kappa shape index (κ1) is 14.4. The van der Waals surface area contributed by atoms with Crippen molar-refractivity contribution >= 4 is 28.9 Å². The molecule has 2 aliphatic heterocycles. The molecule has 4 heteroatoms. The molecule has 0 bridgehead atoms. The fourth-order valence-corrected chi connectivity index (χ4v) is 4.63. The largest absolute Gasteiger partial charge is 0.302 e. The van der Waals surface area contributed by atoms with Crippen LogP contribution in [0.25, 0.3) is 0 Å². The Morgan fingerprint density at radius 3 is 2.60 bits per heavy atom. The minimum absolute atomic E-state index is 0.00435. The van der Waals surface area contributed by atoms with Crippen molar-refractivity contribution in [3.05, 3.63) is 35.6 Å². The molecule has 108 valence electrons. The van der Waals surface area contributed by atoms with E-state index in [1.54, 1.807) is 0 Å². The third kappa shape index (κ3) is 2.64. The van der Waals surface area contributed by atoms with Gasteiger partial charge in [0.2, 0.25) is 0 Å². The molecule has 4 unspecified atom stereocenters. The van der Waals surface area contributed by atoms with Crippen LogP contribution in [-0.2, 0) is 4.79 Å². The summed E-state index contributed by atoms with van der Waals surface area (Å²) in [6.07, 6.45) is 6.87. The lowest BCUT2D eigenvalue weighted by Crippen LogP contribution is -2.55. The molecule has 2 fully saturated rings. The van der Waals surface area contributed by atoms with Crippen LogP contribution >= 0.6 is 22.6 Å². The Bertz CT molecular complexity index is 478. The lowest BCUT2D eigenvalue weighted by atomic mass is 9.83. The van der Waals surface area contributed by atoms with Gasteiger partial charge in [0.1, 0.15) is 12.1 Å². The van der Waals surface area contributed by atoms with Crippen LogP contribution in [0.1, 0.15) is 43.7 Å². The first-order chi connectivity index (χ1) is 9.70. The minimum atomic E-state index is -0.196. The van der Waals surface area contributed by atoms with Crippen molar-refractivity contribution in [3.63, 3.8) is 0 Å². The molecule has 0 radical (unpaired) electrons. The summed E-state index contributed by atoms with van der Waals surface area (Å²) in [4.78, 5) is 14.0. The van der Waals surface area contributed by atoms with Crippen LogP contribution in [0.4, 0.5) is 4.39 Å². The van der Waals surface area contributed by atoms with Gasteiger partial charge in [-0.1, -0.05) is 34.7 Å². The van der Waals surface area contributed by atoms with Gasteiger partial charge in [-0.3, -0.25) is 4.90 Å². The number of alkyl halides is 1. The first-order valence-electron chi connectivity index (χ1n) is 7.33. The van der Waals surface area contributed by atoms with E-state index in [1.165, 1.54) is 31.4 Å². The molecular weight excluding hydrogens is 368 g/mol. The molecule has 0 amide bonds. The van der Waals surface area contributed by atoms with Crippen LogP contribution in [0.2, 0.25) is 0 Å². The van der Waals surface area contributed by atoms with E-state index in [1.807, 2.05) is 12.1 Å². The Morgan fingerprint density at radius 1 is 1.15 bits per heavy atom. The molecular formula is C16H19FINO. The van der Waals surface area contributed by atoms with Gasteiger partial charge in [0, 0.05) is 16.0 Å². The van der Waals surface area contributed by atoms with Crippen molar-refractivity contribution in [3.8, 4) is 0 Å². The molecule has 0 N–H and O–H groups in total. The van der Waals surface area contributed by atoms with Gasteiger partial charge in [0.05, 0.1) is 6.04 Å². The zero-order chi connectivity index (χ0) is 14.1. The number of aldehydes is 1. The van der Waals surface area contributed by atoms with Gasteiger partial charge in [0.15, 0.2) is 0 Å². The van der Waals surface area contributed by atoms with E-state index in [4.69, 9.17) is 0 Å². The van der Waals surface area contributed by atoms with Crippen LogP contribution in [0, 0.1) is 5.82 Å². The van der Waals surface area contributed by atoms with Gasteiger partial charge in [0.25, 0.3) is 0 Å². The predicted molar refractivity (Wildman–Crippen MR) is 85.5 cm³/mol. The highest BCUT2D eigenvalue weighted by atomic mass is 127. The fraction of sp³-hybridized carbons (Fsp3) is 0.562. The second-order valence-electron chi connectivity index (χ2n) is 5.82. The number of carbonyl (C=O) groups is 1. The Morgan fingerprint density at radius 2 is 1.90 bits per heavy atom. The maximum absolute atomic E-state index is 13.1. The smallest absolute Gasteiger partial charge is 0.138 e. The zero-order valence-corrected chi connectivity index (χ0v) is 13.5. The molecule has 2 aliphatic rings. The van der Waals surface area contributed by atoms with E-state index in [0.29, 0.717) is 9.97 Å². The van der Waals surface area contributed by atoms with E-state index in [2.05, 4.69) is 27.5 Å². The summed E-state index contributed by atoms with van der Waals surface area (Å²) in [5.41, 5.74) is 1.15. The minimum Gasteiger partial charge on any atom is -0.302 e. The fourth-order valence-electron chi connectivity index (χ4n) is 3.73. The molecule has 1 aromatic carbocycles. The maximum Gasteiger partial charge on any atom is 0.138 e. The van der Waals surface area contributed by atoms with Crippen LogP contribution in [0.3, 0.4) is 0 Å². The normalized spacial score (nSPS) is 34.5. The molecule has 2 heterocycles. The second-order valence-corrected chi connectivity index (χ2v) is 7.42. The van der Waals surface area contributed by atoms with Gasteiger partial charge < -0.3 is 4.79 Å². The molecule has 0 aliphatic carbocycles. The number of carbonyl (C=O) groups excluding carboxylic acids is 1. The highest BCUT2D eigenvalue weighted by Crippen LogP contribution is 2.42. The maximum atomic E-state index is 13.1. The summed E-state index contributed by atoms with van der Waals surface area (Å²) >= 11 is 2.41. The molecule has 2 saturated heterocycles. The van der Waals surface area contributed by atoms with Crippen molar-refractivity contribution < 1.29 is 9.18 Å². The van der Waals surface area contributed by atoms with Crippen molar-refractivity contribution in [2.24, 2.45) is 0 Å². The molecule has 20 heavy (non-hydrogen) atoms. The summed E-state index contributed by atoms with van der Waals surface area (Å²) in [5.74, 6) is -0.196. The summed E-state index contributed by atoms with van der Waals surface area (Å²) in [6, 6.07) is 7.59. The molecule has 0 saturated carbocycles. The predicted octanol–water partition coefficient (Wildman–Crippen LogP) is 3.89. The SMILES string of the molecule is O=CC1C(I)CCC2CCCC(c3ccc(F)cc3)N21. The lowest BCUT2D eigenvalue weighted by molar-refractivity contribution is -0.117. The number of nitrogens with zero attached hydrogens (tertiary/aromatic N) is 1. The molecule has 2 nitrogen and oxygen atoms in total. The number of piperidine rings is 2. The number of halogens is 2. The standard InChI is InChI=1S/C16H19FINO/c17-12-6-4-11(5-7-12)15-3-1-2-13-8-9-14(18)16(10-20)19(13)15/h4-7,10,13-16H,1-3,8-9H2. The monoisotopic (exact) mass is 387 g/mol. The number of hydrogen-bond donors (Lipinski definition) is 0. The molecule has 1 aromatic rings. The number of benzene rings is 1. The quantitative estimate of drug-likeness (QED) is 0.436. The summed E-state index contributed by atoms with van der Waals surface area (Å²) < 4.78 is 13.5. The summed E-state index contributed by atoms with van der Waals surface area (Å²) in [6.45, 7) is 0. The number of rotatable bonds is 2. The number of fused-ring (bicyclic) bond motifs is 1. The third-order valence-corrected chi connectivity index (χ3v) is 6.04. The highest BCUT2D eigenvalue weighted by Gasteiger charge is 2.42. The Hall–Kier alpha value is -0.490. The van der Waals surface area contributed by atoms with E-state index in [-0.39, 0.29) is 17.9 Å². The van der Waals surface area contributed by atoms with Crippen LogP contribution in [0.15, 0.2) is 24.3 Å². The second kappa shape index (κ2) is 6.10. The molecule has 3 rings (SSSR count). The van der Waals surface area contributed by atoms with Crippen molar-refractivity contribution in [2.75, 3.05) is 0 Å². The van der Waals surface area contributed by atoms with E-state index in [9.17, 15) is 9.18 Å². The molecule has 4 atom stereocenters. The van der Waals surface area contributed by atoms with Crippen molar-refractivity contribution in [1.82, 2.24) is 4.90 Å². The van der Waals surface area contributed by atoms with E-state index < -0.39 is 0 Å². The van der Waals surface area contributed by atoms with Gasteiger partial charge in [-0.2, -0.15) is 0 Å². The van der Waals surface area contributed by atoms with Crippen molar-refractivity contribution in [1.29, 1.82) is 0 Å². The molecule has 0 spiro atoms. The lowest BCUT2D eigenvalue weighted by Gasteiger charge is -2.50. The zero-order valence-electron chi connectivity index (χ0n) is 11.3. The highest BCUT2D eigenvalue weighted by molar-refractivity contribution is 14.1. The Labute approximate surface area is 132 Å². The Balaban J connectivity index is 1.92. The average molecular weight is 387 g/mol. The van der Waals surface area contributed by atoms with Gasteiger partial charge in [-0.15, -0.1) is 0 Å². The van der Waals surface area contributed by atoms with Crippen LogP contribution in [-0.4, -0.2) is 27.2 Å². The van der Waals surface area contributed by atoms with Crippen LogP contribution < -0.4 is 0 Å². The van der Waals surface area contributed by atoms with Crippen LogP contribution in [0.5, 0.6) is 0 Å². The van der Waals surface area contributed by atoms with Gasteiger partial charge in [-0.05, 0) is 49.8 Å². The first-order valence-corrected chi connectivity index (χ1v) is 8.57. The topological polar surface area (TPSA) is 20.3 Å². The van der Waals surface area contributed by atoms with E-state index in [0.717, 1.165) is 24.7 Å². The van der Waals surface area contributed by atoms with E-state index >= 15 is 0 Å². The summed E-state index contributed by atoms with van der Waals surface area (Å²) in [7, 11) is 0.